The maximum absolute atomic E-state index is 5.76. The van der Waals surface area contributed by atoms with Crippen LogP contribution in [0.25, 0.3) is 0 Å². The van der Waals surface area contributed by atoms with Crippen LogP contribution in [0.4, 0.5) is 0 Å². The zero-order valence-electron chi connectivity index (χ0n) is 6.32. The van der Waals surface area contributed by atoms with Crippen LogP contribution in [0.15, 0.2) is 15.4 Å². The Morgan fingerprint density at radius 2 is 2.27 bits per heavy atom. The first kappa shape index (κ1) is 8.73. The number of nitrogens with zero attached hydrogens (tertiary/aromatic N) is 1. The van der Waals surface area contributed by atoms with Gasteiger partial charge >= 0.3 is 0 Å². The lowest BCUT2D eigenvalue weighted by molar-refractivity contribution is 0.770. The third kappa shape index (κ3) is 2.30. The summed E-state index contributed by atoms with van der Waals surface area (Å²) in [6.07, 6.45) is 3.03. The van der Waals surface area contributed by atoms with Crippen molar-refractivity contribution in [3.8, 4) is 0 Å². The van der Waals surface area contributed by atoms with E-state index in [0.717, 1.165) is 4.91 Å². The summed E-state index contributed by atoms with van der Waals surface area (Å²) in [6, 6.07) is 0. The minimum absolute atomic E-state index is 0.472. The summed E-state index contributed by atoms with van der Waals surface area (Å²) in [4.78, 5) is 0.817. The second-order valence-electron chi connectivity index (χ2n) is 2.76. The third-order valence-electron chi connectivity index (χ3n) is 1.27. The van der Waals surface area contributed by atoms with Gasteiger partial charge in [0.2, 0.25) is 0 Å². The molecule has 0 bridgehead atoms. The Morgan fingerprint density at radius 1 is 1.64 bits per heavy atom. The maximum Gasteiger partial charge on any atom is 0.0860 e. The van der Waals surface area contributed by atoms with Crippen molar-refractivity contribution >= 4 is 18.2 Å². The van der Waals surface area contributed by atoms with Gasteiger partial charge in [-0.1, -0.05) is 0 Å². The van der Waals surface area contributed by atoms with Gasteiger partial charge in [-0.15, -0.1) is 0 Å². The molecule has 0 radical (unpaired) electrons. The normalized spacial score (nSPS) is 30.8. The van der Waals surface area contributed by atoms with E-state index in [0.29, 0.717) is 0 Å². The molecule has 6 N–H and O–H groups in total. The molecule has 0 aromatic carbocycles. The summed E-state index contributed by atoms with van der Waals surface area (Å²) >= 11 is 1.27. The molecule has 5 heteroatoms. The lowest BCUT2D eigenvalue weighted by atomic mass is 10.1. The fourth-order valence-electron chi connectivity index (χ4n) is 0.728. The van der Waals surface area contributed by atoms with E-state index in [2.05, 4.69) is 4.40 Å². The first-order valence-electron chi connectivity index (χ1n) is 3.25. The lowest BCUT2D eigenvalue weighted by Crippen LogP contribution is -2.40. The van der Waals surface area contributed by atoms with Gasteiger partial charge in [0.15, 0.2) is 0 Å². The second-order valence-corrected chi connectivity index (χ2v) is 3.63. The average Bonchev–Trinajstić information content (AvgIpc) is 1.85. The van der Waals surface area contributed by atoms with Crippen molar-refractivity contribution in [2.45, 2.75) is 18.6 Å². The molecule has 0 spiro atoms. The van der Waals surface area contributed by atoms with E-state index >= 15 is 0 Å². The topological polar surface area (TPSA) is 90.4 Å². The number of hydrogen-bond donors (Lipinski definition) is 3. The van der Waals surface area contributed by atoms with Crippen molar-refractivity contribution < 1.29 is 0 Å². The van der Waals surface area contributed by atoms with Gasteiger partial charge in [-0.25, -0.2) is 4.40 Å². The molecule has 4 nitrogen and oxygen atoms in total. The minimum Gasteiger partial charge on any atom is -0.318 e. The van der Waals surface area contributed by atoms with Crippen LogP contribution >= 0.6 is 11.9 Å². The highest BCUT2D eigenvalue weighted by atomic mass is 32.2. The largest absolute Gasteiger partial charge is 0.318 e. The van der Waals surface area contributed by atoms with Crippen molar-refractivity contribution in [1.29, 1.82) is 0 Å². The molecule has 1 aliphatic heterocycles. The summed E-state index contributed by atoms with van der Waals surface area (Å²) in [5, 5.41) is 0. The molecule has 1 rings (SSSR count). The summed E-state index contributed by atoms with van der Waals surface area (Å²) in [5.41, 5.74) is 16.1. The monoisotopic (exact) mass is 172 g/mol. The van der Waals surface area contributed by atoms with Crippen molar-refractivity contribution in [3.05, 3.63) is 11.0 Å². The fraction of sp³-hybridized carbons (Fsp3) is 0.500. The van der Waals surface area contributed by atoms with Gasteiger partial charge in [-0.3, -0.25) is 0 Å². The zero-order chi connectivity index (χ0) is 8.48. The van der Waals surface area contributed by atoms with E-state index in [9.17, 15) is 0 Å². The van der Waals surface area contributed by atoms with Gasteiger partial charge in [0.25, 0.3) is 0 Å². The van der Waals surface area contributed by atoms with Gasteiger partial charge in [0.05, 0.1) is 11.7 Å². The highest BCUT2D eigenvalue weighted by Gasteiger charge is 2.19. The Morgan fingerprint density at radius 3 is 2.64 bits per heavy atom. The van der Waals surface area contributed by atoms with Gasteiger partial charge < -0.3 is 17.2 Å². The number of hydrogen-bond acceptors (Lipinski definition) is 5. The second kappa shape index (κ2) is 2.94. The number of rotatable bonds is 1. The van der Waals surface area contributed by atoms with Gasteiger partial charge in [0, 0.05) is 23.1 Å². The third-order valence-corrected chi connectivity index (χ3v) is 2.08. The SMILES string of the molecule is CC1(N)C=NSC(C(N)N)=C1. The van der Waals surface area contributed by atoms with Crippen LogP contribution in [0.3, 0.4) is 0 Å². The van der Waals surface area contributed by atoms with Crippen LogP contribution in [0.2, 0.25) is 0 Å². The predicted octanol–water partition coefficient (Wildman–Crippen LogP) is -0.436. The number of nitrogens with two attached hydrogens (primary N) is 3. The van der Waals surface area contributed by atoms with E-state index in [1.165, 1.54) is 11.9 Å². The molecule has 0 amide bonds. The van der Waals surface area contributed by atoms with E-state index in [-0.39, 0.29) is 0 Å². The molecule has 1 aliphatic rings. The van der Waals surface area contributed by atoms with Crippen molar-refractivity contribution in [2.24, 2.45) is 21.6 Å². The van der Waals surface area contributed by atoms with Crippen molar-refractivity contribution in [2.75, 3.05) is 0 Å². The molecule has 0 aromatic rings. The van der Waals surface area contributed by atoms with Crippen molar-refractivity contribution in [3.63, 3.8) is 0 Å². The molecule has 11 heavy (non-hydrogen) atoms. The molecule has 0 aliphatic carbocycles. The van der Waals surface area contributed by atoms with Crippen LogP contribution in [-0.2, 0) is 0 Å². The molecule has 0 fully saturated rings. The standard InChI is InChI=1S/C6H12N4S/c1-6(9)2-4(5(7)8)11-10-3-6/h2-3,5H,7-9H2,1H3. The summed E-state index contributed by atoms with van der Waals surface area (Å²) < 4.78 is 3.97. The first-order chi connectivity index (χ1) is 5.01. The van der Waals surface area contributed by atoms with E-state index in [1.807, 2.05) is 13.0 Å². The first-order valence-corrected chi connectivity index (χ1v) is 4.03. The van der Waals surface area contributed by atoms with Crippen LogP contribution in [0.5, 0.6) is 0 Å². The smallest absolute Gasteiger partial charge is 0.0860 e. The van der Waals surface area contributed by atoms with E-state index < -0.39 is 11.7 Å². The highest BCUT2D eigenvalue weighted by Crippen LogP contribution is 2.24. The molecule has 1 heterocycles. The van der Waals surface area contributed by atoms with Crippen LogP contribution in [0.1, 0.15) is 6.92 Å². The fourth-order valence-corrected chi connectivity index (χ4v) is 1.56. The average molecular weight is 172 g/mol. The van der Waals surface area contributed by atoms with Crippen LogP contribution in [0, 0.1) is 0 Å². The summed E-state index contributed by atoms with van der Waals surface area (Å²) in [7, 11) is 0. The van der Waals surface area contributed by atoms with Crippen LogP contribution in [-0.4, -0.2) is 17.9 Å². The van der Waals surface area contributed by atoms with Gasteiger partial charge in [-0.2, -0.15) is 0 Å². The predicted molar refractivity (Wildman–Crippen MR) is 48.9 cm³/mol. The van der Waals surface area contributed by atoms with Gasteiger partial charge in [-0.05, 0) is 13.0 Å². The minimum atomic E-state index is -0.502. The summed E-state index contributed by atoms with van der Waals surface area (Å²) in [6.45, 7) is 1.85. The Hall–Kier alpha value is -0.360. The van der Waals surface area contributed by atoms with E-state index in [4.69, 9.17) is 17.2 Å². The van der Waals surface area contributed by atoms with Gasteiger partial charge in [0.1, 0.15) is 0 Å². The quantitative estimate of drug-likeness (QED) is 0.369. The Bertz CT molecular complexity index is 207. The highest BCUT2D eigenvalue weighted by molar-refractivity contribution is 8.02. The maximum atomic E-state index is 5.76. The molecule has 0 aromatic heterocycles. The Kier molecular flexibility index (Phi) is 2.34. The Labute approximate surface area is 70.0 Å². The molecule has 1 atom stereocenters. The zero-order valence-corrected chi connectivity index (χ0v) is 7.14. The lowest BCUT2D eigenvalue weighted by Gasteiger charge is -2.21. The molecular weight excluding hydrogens is 160 g/mol. The molecule has 1 unspecified atom stereocenters. The summed E-state index contributed by atoms with van der Waals surface area (Å²) in [5.74, 6) is 0. The van der Waals surface area contributed by atoms with E-state index in [1.54, 1.807) is 6.21 Å². The van der Waals surface area contributed by atoms with Crippen molar-refractivity contribution in [1.82, 2.24) is 0 Å². The molecule has 0 saturated carbocycles. The molecule has 62 valence electrons. The molecular formula is C6H12N4S. The Balaban J connectivity index is 2.78. The van der Waals surface area contributed by atoms with Crippen LogP contribution < -0.4 is 17.2 Å². The molecule has 0 saturated heterocycles.